The minimum atomic E-state index is -0.0896. The molecule has 0 N–H and O–H groups in total. The third-order valence-corrected chi connectivity index (χ3v) is 4.77. The summed E-state index contributed by atoms with van der Waals surface area (Å²) in [5.41, 5.74) is 1.74. The molecule has 0 aliphatic carbocycles. The van der Waals surface area contributed by atoms with E-state index in [0.717, 1.165) is 31.9 Å². The normalized spacial score (nSPS) is 15.3. The number of benzene rings is 2. The van der Waals surface area contributed by atoms with Crippen LogP contribution in [-0.4, -0.2) is 53.2 Å². The zero-order valence-electron chi connectivity index (χ0n) is 14.7. The van der Waals surface area contributed by atoms with Crippen molar-refractivity contribution in [3.8, 4) is 5.75 Å². The van der Waals surface area contributed by atoms with Crippen molar-refractivity contribution < 1.29 is 4.74 Å². The monoisotopic (exact) mass is 351 g/mol. The van der Waals surface area contributed by atoms with Gasteiger partial charge in [0.2, 0.25) is 0 Å². The maximum atomic E-state index is 12.6. The molecule has 7 nitrogen and oxygen atoms in total. The van der Waals surface area contributed by atoms with Gasteiger partial charge in [-0.25, -0.2) is 0 Å². The second-order valence-corrected chi connectivity index (χ2v) is 6.36. The predicted octanol–water partition coefficient (Wildman–Crippen LogP) is 1.58. The van der Waals surface area contributed by atoms with Crippen LogP contribution >= 0.6 is 0 Å². The fourth-order valence-electron chi connectivity index (χ4n) is 3.25. The van der Waals surface area contributed by atoms with Crippen molar-refractivity contribution in [1.29, 1.82) is 0 Å². The highest BCUT2D eigenvalue weighted by atomic mass is 16.5. The Morgan fingerprint density at radius 2 is 1.73 bits per heavy atom. The molecule has 1 aliphatic heterocycles. The third-order valence-electron chi connectivity index (χ3n) is 4.77. The van der Waals surface area contributed by atoms with Crippen molar-refractivity contribution in [2.24, 2.45) is 0 Å². The van der Waals surface area contributed by atoms with Crippen LogP contribution in [0.1, 0.15) is 0 Å². The first-order valence-electron chi connectivity index (χ1n) is 8.68. The molecule has 7 heteroatoms. The zero-order chi connectivity index (χ0) is 17.9. The summed E-state index contributed by atoms with van der Waals surface area (Å²) >= 11 is 0. The van der Waals surface area contributed by atoms with E-state index in [0.29, 0.717) is 17.6 Å². The van der Waals surface area contributed by atoms with Gasteiger partial charge in [0, 0.05) is 31.9 Å². The van der Waals surface area contributed by atoms with Crippen molar-refractivity contribution in [3.05, 3.63) is 58.9 Å². The first-order chi connectivity index (χ1) is 12.7. The van der Waals surface area contributed by atoms with E-state index in [9.17, 15) is 4.79 Å². The highest BCUT2D eigenvalue weighted by Gasteiger charge is 2.18. The number of ether oxygens (including phenoxy) is 1. The molecule has 0 radical (unpaired) electrons. The molecule has 1 aliphatic rings. The fraction of sp³-hybridized carbons (Fsp3) is 0.316. The van der Waals surface area contributed by atoms with Crippen LogP contribution in [0.5, 0.6) is 5.75 Å². The summed E-state index contributed by atoms with van der Waals surface area (Å²) in [6.45, 7) is 4.01. The molecule has 1 saturated heterocycles. The van der Waals surface area contributed by atoms with Crippen LogP contribution in [0.3, 0.4) is 0 Å². The van der Waals surface area contributed by atoms with E-state index >= 15 is 0 Å². The van der Waals surface area contributed by atoms with Crippen LogP contribution in [-0.2, 0) is 6.67 Å². The van der Waals surface area contributed by atoms with E-state index in [1.54, 1.807) is 13.2 Å². The van der Waals surface area contributed by atoms with Crippen molar-refractivity contribution in [2.75, 3.05) is 38.2 Å². The Morgan fingerprint density at radius 1 is 1.00 bits per heavy atom. The summed E-state index contributed by atoms with van der Waals surface area (Å²) < 4.78 is 6.66. The topological polar surface area (TPSA) is 63.5 Å². The van der Waals surface area contributed by atoms with Crippen molar-refractivity contribution in [2.45, 2.75) is 6.67 Å². The van der Waals surface area contributed by atoms with E-state index in [-0.39, 0.29) is 5.56 Å². The molecule has 2 aromatic carbocycles. The zero-order valence-corrected chi connectivity index (χ0v) is 14.7. The largest absolute Gasteiger partial charge is 0.497 e. The lowest BCUT2D eigenvalue weighted by Crippen LogP contribution is -2.48. The molecule has 0 unspecified atom stereocenters. The number of methoxy groups -OCH3 is 1. The van der Waals surface area contributed by atoms with Crippen LogP contribution in [0, 0.1) is 0 Å². The molecule has 134 valence electrons. The second-order valence-electron chi connectivity index (χ2n) is 6.36. The van der Waals surface area contributed by atoms with Gasteiger partial charge in [0.05, 0.1) is 19.2 Å². The minimum absolute atomic E-state index is 0.0896. The molecule has 0 amide bonds. The first kappa shape index (κ1) is 16.5. The van der Waals surface area contributed by atoms with Gasteiger partial charge in [0.1, 0.15) is 11.3 Å². The Morgan fingerprint density at radius 3 is 2.46 bits per heavy atom. The van der Waals surface area contributed by atoms with Gasteiger partial charge in [-0.3, -0.25) is 9.69 Å². The summed E-state index contributed by atoms with van der Waals surface area (Å²) in [7, 11) is 1.67. The highest BCUT2D eigenvalue weighted by molar-refractivity contribution is 5.76. The van der Waals surface area contributed by atoms with Gasteiger partial charge in [-0.2, -0.15) is 4.68 Å². The average molecular weight is 351 g/mol. The fourth-order valence-corrected chi connectivity index (χ4v) is 3.25. The second kappa shape index (κ2) is 7.13. The molecular formula is C19H21N5O2. The maximum absolute atomic E-state index is 12.6. The number of hydrogen-bond acceptors (Lipinski definition) is 6. The number of hydrogen-bond donors (Lipinski definition) is 0. The first-order valence-corrected chi connectivity index (χ1v) is 8.68. The molecule has 26 heavy (non-hydrogen) atoms. The molecule has 0 bridgehead atoms. The lowest BCUT2D eigenvalue weighted by atomic mass is 10.2. The SMILES string of the molecule is COc1ccc(N2CCN(Cn3nnc4ccccc4c3=O)CC2)cc1. The molecule has 1 fully saturated rings. The summed E-state index contributed by atoms with van der Waals surface area (Å²) in [6.07, 6.45) is 0. The van der Waals surface area contributed by atoms with E-state index in [4.69, 9.17) is 4.74 Å². The Hall–Kier alpha value is -2.93. The van der Waals surface area contributed by atoms with Crippen molar-refractivity contribution in [3.63, 3.8) is 0 Å². The van der Waals surface area contributed by atoms with Crippen molar-refractivity contribution >= 4 is 16.6 Å². The summed E-state index contributed by atoms with van der Waals surface area (Å²) in [5, 5.41) is 8.84. The summed E-state index contributed by atoms with van der Waals surface area (Å²) in [5.74, 6) is 0.863. The third kappa shape index (κ3) is 3.25. The standard InChI is InChI=1S/C19H21N5O2/c1-26-16-8-6-15(7-9-16)23-12-10-22(11-13-23)14-24-19(25)17-4-2-3-5-18(17)20-21-24/h2-9H,10-14H2,1H3. The number of piperazine rings is 1. The van der Waals surface area contributed by atoms with Crippen LogP contribution in [0.25, 0.3) is 10.9 Å². The van der Waals surface area contributed by atoms with Gasteiger partial charge in [0.15, 0.2) is 0 Å². The van der Waals surface area contributed by atoms with Crippen molar-refractivity contribution in [1.82, 2.24) is 19.9 Å². The lowest BCUT2D eigenvalue weighted by molar-refractivity contribution is 0.189. The van der Waals surface area contributed by atoms with E-state index in [1.807, 2.05) is 30.3 Å². The van der Waals surface area contributed by atoms with Crippen LogP contribution in [0.2, 0.25) is 0 Å². The van der Waals surface area contributed by atoms with Gasteiger partial charge in [-0.15, -0.1) is 5.10 Å². The smallest absolute Gasteiger partial charge is 0.278 e. The molecule has 1 aromatic heterocycles. The number of rotatable bonds is 4. The number of aromatic nitrogens is 3. The number of anilines is 1. The summed E-state index contributed by atoms with van der Waals surface area (Å²) in [4.78, 5) is 17.1. The van der Waals surface area contributed by atoms with E-state index in [1.165, 1.54) is 10.4 Å². The van der Waals surface area contributed by atoms with Gasteiger partial charge < -0.3 is 9.64 Å². The average Bonchev–Trinajstić information content (AvgIpc) is 2.71. The molecule has 0 spiro atoms. The predicted molar refractivity (Wildman–Crippen MR) is 101 cm³/mol. The maximum Gasteiger partial charge on any atom is 0.278 e. The Kier molecular flexibility index (Phi) is 4.53. The number of nitrogens with zero attached hydrogens (tertiary/aromatic N) is 5. The number of fused-ring (bicyclic) bond motifs is 1. The van der Waals surface area contributed by atoms with Gasteiger partial charge in [-0.1, -0.05) is 17.3 Å². The molecular weight excluding hydrogens is 330 g/mol. The Labute approximate surface area is 151 Å². The van der Waals surface area contributed by atoms with Crippen LogP contribution in [0.4, 0.5) is 5.69 Å². The summed E-state index contributed by atoms with van der Waals surface area (Å²) in [6, 6.07) is 15.4. The van der Waals surface area contributed by atoms with E-state index in [2.05, 4.69) is 32.2 Å². The molecule has 4 rings (SSSR count). The van der Waals surface area contributed by atoms with Gasteiger partial charge in [-0.05, 0) is 36.4 Å². The molecule has 3 aromatic rings. The quantitative estimate of drug-likeness (QED) is 0.711. The lowest BCUT2D eigenvalue weighted by Gasteiger charge is -2.35. The Balaban J connectivity index is 1.42. The molecule has 0 saturated carbocycles. The van der Waals surface area contributed by atoms with E-state index < -0.39 is 0 Å². The van der Waals surface area contributed by atoms with Crippen LogP contribution < -0.4 is 15.2 Å². The minimum Gasteiger partial charge on any atom is -0.497 e. The molecule has 0 atom stereocenters. The highest BCUT2D eigenvalue weighted by Crippen LogP contribution is 2.20. The van der Waals surface area contributed by atoms with Gasteiger partial charge in [0.25, 0.3) is 5.56 Å². The molecule has 2 heterocycles. The van der Waals surface area contributed by atoms with Gasteiger partial charge >= 0.3 is 0 Å². The van der Waals surface area contributed by atoms with Crippen LogP contribution in [0.15, 0.2) is 53.3 Å². The Bertz CT molecular complexity index is 946.